The van der Waals surface area contributed by atoms with E-state index in [1.807, 2.05) is 33.8 Å². The number of allylic oxidation sites excluding steroid dienone is 4. The molecule has 0 bridgehead atoms. The van der Waals surface area contributed by atoms with Gasteiger partial charge in [-0.25, -0.2) is 9.97 Å². The van der Waals surface area contributed by atoms with Gasteiger partial charge in [-0.1, -0.05) is 24.3 Å². The van der Waals surface area contributed by atoms with Gasteiger partial charge >= 0.3 is 5.97 Å². The van der Waals surface area contributed by atoms with Crippen molar-refractivity contribution in [2.24, 2.45) is 16.7 Å². The van der Waals surface area contributed by atoms with E-state index in [2.05, 4.69) is 28.2 Å². The van der Waals surface area contributed by atoms with Crippen molar-refractivity contribution in [3.63, 3.8) is 0 Å². The third-order valence-corrected chi connectivity index (χ3v) is 5.60. The minimum absolute atomic E-state index is 0.126. The highest BCUT2D eigenvalue weighted by Crippen LogP contribution is 2.69. The molecule has 0 spiro atoms. The predicted molar refractivity (Wildman–Crippen MR) is 95.2 cm³/mol. The number of nitrogens with zero attached hydrogens (tertiary/aromatic N) is 2. The largest absolute Gasteiger partial charge is 0.489 e. The van der Waals surface area contributed by atoms with Crippen LogP contribution in [0.5, 0.6) is 5.75 Å². The lowest BCUT2D eigenvalue weighted by Gasteiger charge is -2.29. The van der Waals surface area contributed by atoms with E-state index in [1.165, 1.54) is 0 Å². The average molecular weight is 342 g/mol. The van der Waals surface area contributed by atoms with E-state index in [0.29, 0.717) is 19.0 Å². The Morgan fingerprint density at radius 2 is 2.16 bits per heavy atom. The normalized spacial score (nSPS) is 30.2. The Kier molecular flexibility index (Phi) is 4.67. The zero-order chi connectivity index (χ0) is 18.1. The molecular weight excluding hydrogens is 316 g/mol. The number of rotatable bonds is 6. The fourth-order valence-electron chi connectivity index (χ4n) is 3.92. The molecule has 5 nitrogen and oxygen atoms in total. The molecule has 134 valence electrons. The molecule has 1 saturated carbocycles. The highest BCUT2D eigenvalue weighted by Gasteiger charge is 2.72. The van der Waals surface area contributed by atoms with Gasteiger partial charge in [-0.05, 0) is 46.5 Å². The van der Waals surface area contributed by atoms with Crippen molar-refractivity contribution in [3.8, 4) is 5.75 Å². The Balaban J connectivity index is 1.82. The highest BCUT2D eigenvalue weighted by atomic mass is 16.5. The standard InChI is InChI=1S/C20H26N2O3/c1-5-24-18(23)19(4)12-20(19,16-9-7-6-8-10-16)13-25-17-11-21-15(3)22-14(17)2/h6-9,11,16H,5,10,12-13H2,1-4H3/t16?,19-,20+/m0/s1. The summed E-state index contributed by atoms with van der Waals surface area (Å²) in [7, 11) is 0. The molecule has 0 aromatic carbocycles. The van der Waals surface area contributed by atoms with Crippen LogP contribution in [-0.2, 0) is 9.53 Å². The molecule has 5 heteroatoms. The molecule has 0 aliphatic heterocycles. The molecule has 1 heterocycles. The summed E-state index contributed by atoms with van der Waals surface area (Å²) in [6.45, 7) is 8.47. The average Bonchev–Trinajstić information content (AvgIpc) is 3.23. The number of carbonyl (C=O) groups is 1. The van der Waals surface area contributed by atoms with Crippen molar-refractivity contribution in [2.45, 2.75) is 40.5 Å². The summed E-state index contributed by atoms with van der Waals surface area (Å²) in [5.41, 5.74) is 0.0563. The molecule has 0 N–H and O–H groups in total. The number of carbonyl (C=O) groups excluding carboxylic acids is 1. The molecule has 2 aliphatic rings. The zero-order valence-corrected chi connectivity index (χ0v) is 15.4. The van der Waals surface area contributed by atoms with Crippen LogP contribution in [0, 0.1) is 30.6 Å². The lowest BCUT2D eigenvalue weighted by Crippen LogP contribution is -2.33. The fourth-order valence-corrected chi connectivity index (χ4v) is 3.92. The summed E-state index contributed by atoms with van der Waals surface area (Å²) >= 11 is 0. The van der Waals surface area contributed by atoms with Gasteiger partial charge in [0.05, 0.1) is 30.5 Å². The van der Waals surface area contributed by atoms with E-state index in [0.717, 1.165) is 24.4 Å². The molecule has 0 radical (unpaired) electrons. The molecule has 3 atom stereocenters. The van der Waals surface area contributed by atoms with Crippen molar-refractivity contribution in [3.05, 3.63) is 42.0 Å². The second-order valence-corrected chi connectivity index (χ2v) is 7.20. The zero-order valence-electron chi connectivity index (χ0n) is 15.4. The molecule has 1 aromatic rings. The Bertz CT molecular complexity index is 728. The van der Waals surface area contributed by atoms with Crippen LogP contribution in [0.2, 0.25) is 0 Å². The summed E-state index contributed by atoms with van der Waals surface area (Å²) in [6.07, 6.45) is 11.8. The van der Waals surface area contributed by atoms with Crippen molar-refractivity contribution >= 4 is 5.97 Å². The van der Waals surface area contributed by atoms with Gasteiger partial charge in [-0.2, -0.15) is 0 Å². The number of hydrogen-bond acceptors (Lipinski definition) is 5. The fraction of sp³-hybridized carbons (Fsp3) is 0.550. The van der Waals surface area contributed by atoms with E-state index < -0.39 is 5.41 Å². The van der Waals surface area contributed by atoms with Crippen LogP contribution in [0.1, 0.15) is 38.2 Å². The van der Waals surface area contributed by atoms with Crippen LogP contribution < -0.4 is 4.74 Å². The summed E-state index contributed by atoms with van der Waals surface area (Å²) in [6, 6.07) is 0. The minimum atomic E-state index is -0.511. The predicted octanol–water partition coefficient (Wildman–Crippen LogP) is 3.56. The molecule has 0 saturated heterocycles. The van der Waals surface area contributed by atoms with E-state index in [9.17, 15) is 4.79 Å². The second kappa shape index (κ2) is 6.62. The number of aromatic nitrogens is 2. The van der Waals surface area contributed by atoms with Gasteiger partial charge in [0.25, 0.3) is 0 Å². The number of aryl methyl sites for hydroxylation is 2. The van der Waals surface area contributed by atoms with Crippen LogP contribution >= 0.6 is 0 Å². The first kappa shape index (κ1) is 17.6. The number of esters is 1. The molecular formula is C20H26N2O3. The minimum Gasteiger partial charge on any atom is -0.489 e. The first-order valence-corrected chi connectivity index (χ1v) is 8.86. The third kappa shape index (κ3) is 3.08. The molecule has 25 heavy (non-hydrogen) atoms. The first-order valence-electron chi connectivity index (χ1n) is 8.86. The van der Waals surface area contributed by atoms with Gasteiger partial charge in [-0.3, -0.25) is 4.79 Å². The quantitative estimate of drug-likeness (QED) is 0.740. The Morgan fingerprint density at radius 3 is 2.80 bits per heavy atom. The topological polar surface area (TPSA) is 61.3 Å². The van der Waals surface area contributed by atoms with Crippen LogP contribution in [0.25, 0.3) is 0 Å². The molecule has 0 amide bonds. The van der Waals surface area contributed by atoms with E-state index >= 15 is 0 Å². The number of hydrogen-bond donors (Lipinski definition) is 0. The summed E-state index contributed by atoms with van der Waals surface area (Å²) < 4.78 is 11.5. The molecule has 3 rings (SSSR count). The Morgan fingerprint density at radius 1 is 1.36 bits per heavy atom. The maximum atomic E-state index is 12.6. The maximum absolute atomic E-state index is 12.6. The van der Waals surface area contributed by atoms with E-state index in [4.69, 9.17) is 9.47 Å². The van der Waals surface area contributed by atoms with Crippen LogP contribution in [0.15, 0.2) is 30.5 Å². The Hall–Kier alpha value is -2.17. The molecule has 1 aromatic heterocycles. The van der Waals surface area contributed by atoms with Crippen molar-refractivity contribution in [1.29, 1.82) is 0 Å². The van der Waals surface area contributed by atoms with E-state index in [1.54, 1.807) is 6.20 Å². The van der Waals surface area contributed by atoms with Gasteiger partial charge in [0.1, 0.15) is 5.82 Å². The smallest absolute Gasteiger partial charge is 0.312 e. The van der Waals surface area contributed by atoms with Crippen LogP contribution in [0.4, 0.5) is 0 Å². The number of ether oxygens (including phenoxy) is 2. The summed E-state index contributed by atoms with van der Waals surface area (Å²) in [4.78, 5) is 21.1. The molecule has 1 fully saturated rings. The summed E-state index contributed by atoms with van der Waals surface area (Å²) in [5, 5.41) is 0. The molecule has 1 unspecified atom stereocenters. The Labute approximate surface area is 149 Å². The monoisotopic (exact) mass is 342 g/mol. The van der Waals surface area contributed by atoms with Gasteiger partial charge in [0, 0.05) is 5.41 Å². The van der Waals surface area contributed by atoms with Gasteiger partial charge in [-0.15, -0.1) is 0 Å². The molecule has 2 aliphatic carbocycles. The van der Waals surface area contributed by atoms with Gasteiger partial charge in [0.15, 0.2) is 5.75 Å². The van der Waals surface area contributed by atoms with E-state index in [-0.39, 0.29) is 17.3 Å². The van der Waals surface area contributed by atoms with Gasteiger partial charge < -0.3 is 9.47 Å². The lowest BCUT2D eigenvalue weighted by atomic mass is 9.79. The highest BCUT2D eigenvalue weighted by molar-refractivity contribution is 5.82. The van der Waals surface area contributed by atoms with Crippen LogP contribution in [-0.4, -0.2) is 29.2 Å². The third-order valence-electron chi connectivity index (χ3n) is 5.60. The first-order chi connectivity index (χ1) is 11.9. The SMILES string of the molecule is CCOC(=O)[C@]1(C)C[C@@]1(COc1cnc(C)nc1C)C1C=CC=CC1. The summed E-state index contributed by atoms with van der Waals surface area (Å²) in [5.74, 6) is 1.54. The van der Waals surface area contributed by atoms with Crippen molar-refractivity contribution in [2.75, 3.05) is 13.2 Å². The van der Waals surface area contributed by atoms with Crippen molar-refractivity contribution < 1.29 is 14.3 Å². The van der Waals surface area contributed by atoms with Crippen LogP contribution in [0.3, 0.4) is 0 Å². The second-order valence-electron chi connectivity index (χ2n) is 7.20. The van der Waals surface area contributed by atoms with Crippen molar-refractivity contribution in [1.82, 2.24) is 9.97 Å². The van der Waals surface area contributed by atoms with Gasteiger partial charge in [0.2, 0.25) is 0 Å². The maximum Gasteiger partial charge on any atom is 0.312 e. The lowest BCUT2D eigenvalue weighted by molar-refractivity contribution is -0.151.